The smallest absolute Gasteiger partial charge is 0.237 e. The molecule has 0 saturated heterocycles. The second-order valence-electron chi connectivity index (χ2n) is 2.50. The maximum atomic E-state index is 9.29. The predicted octanol–water partition coefficient (Wildman–Crippen LogP) is 0.913. The van der Waals surface area contributed by atoms with E-state index in [4.69, 9.17) is 15.6 Å². The number of phenols is 2. The summed E-state index contributed by atoms with van der Waals surface area (Å²) in [5.74, 6) is -0.322. The van der Waals surface area contributed by atoms with Crippen molar-refractivity contribution < 1.29 is 10.2 Å². The average molecular weight is 202 g/mol. The Labute approximate surface area is 85.3 Å². The minimum Gasteiger partial charge on any atom is -0.508 e. The molecule has 6 nitrogen and oxygen atoms in total. The Morgan fingerprint density at radius 3 is 2.47 bits per heavy atom. The molecule has 15 heavy (non-hydrogen) atoms. The summed E-state index contributed by atoms with van der Waals surface area (Å²) >= 11 is 0. The fraction of sp³-hybridized carbons (Fsp3) is 0. The Bertz CT molecular complexity index is 466. The molecule has 0 bridgehead atoms. The van der Waals surface area contributed by atoms with Crippen LogP contribution in [0.4, 0.5) is 5.69 Å². The summed E-state index contributed by atoms with van der Waals surface area (Å²) in [6.45, 7) is 0. The van der Waals surface area contributed by atoms with Crippen molar-refractivity contribution in [3.05, 3.63) is 18.2 Å². The van der Waals surface area contributed by atoms with E-state index in [2.05, 4.69) is 10.5 Å². The fourth-order valence-corrected chi connectivity index (χ4v) is 0.806. The van der Waals surface area contributed by atoms with Gasteiger partial charge in [0.2, 0.25) is 5.71 Å². The molecule has 0 atom stereocenters. The summed E-state index contributed by atoms with van der Waals surface area (Å²) < 4.78 is 0. The van der Waals surface area contributed by atoms with E-state index in [-0.39, 0.29) is 22.9 Å². The lowest BCUT2D eigenvalue weighted by Gasteiger charge is -2.02. The number of hydrogen-bond acceptors (Lipinski definition) is 6. The number of aromatic hydroxyl groups is 2. The van der Waals surface area contributed by atoms with Gasteiger partial charge in [-0.2, -0.15) is 15.6 Å². The van der Waals surface area contributed by atoms with Gasteiger partial charge >= 0.3 is 0 Å². The molecule has 6 heteroatoms. The van der Waals surface area contributed by atoms with E-state index in [0.29, 0.717) is 0 Å². The van der Waals surface area contributed by atoms with Crippen LogP contribution >= 0.6 is 0 Å². The molecule has 0 unspecified atom stereocenters. The van der Waals surface area contributed by atoms with Crippen LogP contribution in [-0.4, -0.2) is 15.9 Å². The van der Waals surface area contributed by atoms with Gasteiger partial charge in [-0.05, 0) is 12.1 Å². The molecule has 1 aromatic carbocycles. The molecule has 0 aliphatic carbocycles. The first-order chi connectivity index (χ1) is 7.17. The van der Waals surface area contributed by atoms with Crippen molar-refractivity contribution in [3.8, 4) is 23.6 Å². The molecule has 0 saturated carbocycles. The number of benzene rings is 1. The van der Waals surface area contributed by atoms with Gasteiger partial charge < -0.3 is 10.2 Å². The fourth-order valence-electron chi connectivity index (χ4n) is 0.806. The van der Waals surface area contributed by atoms with Gasteiger partial charge in [-0.15, -0.1) is 0 Å². The maximum Gasteiger partial charge on any atom is 0.237 e. The van der Waals surface area contributed by atoms with Crippen molar-refractivity contribution >= 4 is 11.4 Å². The van der Waals surface area contributed by atoms with Gasteiger partial charge in [0, 0.05) is 6.07 Å². The van der Waals surface area contributed by atoms with Gasteiger partial charge in [-0.25, -0.2) is 0 Å². The Balaban J connectivity index is 2.89. The molecule has 0 aliphatic heterocycles. The van der Waals surface area contributed by atoms with Crippen molar-refractivity contribution in [1.29, 1.82) is 10.5 Å². The summed E-state index contributed by atoms with van der Waals surface area (Å²) in [6, 6.07) is 6.89. The monoisotopic (exact) mass is 202 g/mol. The van der Waals surface area contributed by atoms with Crippen LogP contribution in [-0.2, 0) is 0 Å². The third-order valence-electron chi connectivity index (χ3n) is 1.48. The summed E-state index contributed by atoms with van der Waals surface area (Å²) in [4.78, 5) is 0. The van der Waals surface area contributed by atoms with E-state index < -0.39 is 0 Å². The Morgan fingerprint density at radius 1 is 1.27 bits per heavy atom. The molecule has 0 aromatic heterocycles. The van der Waals surface area contributed by atoms with E-state index in [1.807, 2.05) is 0 Å². The molecule has 0 amide bonds. The molecule has 0 radical (unpaired) electrons. The number of anilines is 1. The van der Waals surface area contributed by atoms with Crippen LogP contribution in [0.2, 0.25) is 0 Å². The number of hydrogen-bond donors (Lipinski definition) is 3. The van der Waals surface area contributed by atoms with Crippen LogP contribution in [0.1, 0.15) is 0 Å². The number of hydrazone groups is 1. The van der Waals surface area contributed by atoms with Crippen molar-refractivity contribution in [2.75, 3.05) is 5.43 Å². The summed E-state index contributed by atoms with van der Waals surface area (Å²) in [7, 11) is 0. The minimum atomic E-state index is -0.359. The highest BCUT2D eigenvalue weighted by Gasteiger charge is 2.01. The van der Waals surface area contributed by atoms with Crippen molar-refractivity contribution in [2.45, 2.75) is 0 Å². The number of nitrogens with one attached hydrogen (secondary N) is 1. The highest BCUT2D eigenvalue weighted by Crippen LogP contribution is 2.26. The van der Waals surface area contributed by atoms with Crippen LogP contribution in [0.25, 0.3) is 0 Å². The predicted molar refractivity (Wildman–Crippen MR) is 52.1 cm³/mol. The zero-order valence-electron chi connectivity index (χ0n) is 7.47. The largest absolute Gasteiger partial charge is 0.508 e. The Morgan fingerprint density at radius 2 is 1.93 bits per heavy atom. The molecule has 1 rings (SSSR count). The minimum absolute atomic E-state index is 0.0946. The third-order valence-corrected chi connectivity index (χ3v) is 1.48. The summed E-state index contributed by atoms with van der Waals surface area (Å²) in [5, 5.41) is 38.4. The molecule has 0 aliphatic rings. The average Bonchev–Trinajstić information content (AvgIpc) is 2.22. The SMILES string of the molecule is N#CC(C#N)=NNc1ccc(O)cc1O. The first-order valence-electron chi connectivity index (χ1n) is 3.83. The second kappa shape index (κ2) is 4.49. The quantitative estimate of drug-likeness (QED) is 0.285. The van der Waals surface area contributed by atoms with Gasteiger partial charge in [-0.3, -0.25) is 5.43 Å². The van der Waals surface area contributed by atoms with Crippen LogP contribution in [0.3, 0.4) is 0 Å². The zero-order valence-corrected chi connectivity index (χ0v) is 7.47. The van der Waals surface area contributed by atoms with Gasteiger partial charge in [0.15, 0.2) is 0 Å². The molecule has 1 aromatic rings. The lowest BCUT2D eigenvalue weighted by atomic mass is 10.3. The van der Waals surface area contributed by atoms with Crippen LogP contribution in [0, 0.1) is 22.7 Å². The Hall–Kier alpha value is -2.73. The van der Waals surface area contributed by atoms with E-state index >= 15 is 0 Å². The lowest BCUT2D eigenvalue weighted by molar-refractivity contribution is 0.452. The molecular formula is C9H6N4O2. The van der Waals surface area contributed by atoms with E-state index in [1.54, 1.807) is 12.1 Å². The number of nitrogens with zero attached hydrogens (tertiary/aromatic N) is 3. The van der Waals surface area contributed by atoms with Gasteiger partial charge in [0.1, 0.15) is 23.6 Å². The van der Waals surface area contributed by atoms with Gasteiger partial charge in [-0.1, -0.05) is 0 Å². The standard InChI is InChI=1S/C9H6N4O2/c10-4-6(5-11)12-13-8-2-1-7(14)3-9(8)15/h1-3,13-15H. The normalized spacial score (nSPS) is 8.40. The summed E-state index contributed by atoms with van der Waals surface area (Å²) in [6.07, 6.45) is 0. The summed E-state index contributed by atoms with van der Waals surface area (Å²) in [5.41, 5.74) is 2.16. The first kappa shape index (κ1) is 10.4. The number of phenolic OH excluding ortho intramolecular Hbond substituents is 2. The lowest BCUT2D eigenvalue weighted by Crippen LogP contribution is -1.96. The third kappa shape index (κ3) is 2.61. The molecule has 0 spiro atoms. The highest BCUT2D eigenvalue weighted by atomic mass is 16.3. The first-order valence-corrected chi connectivity index (χ1v) is 3.83. The maximum absolute atomic E-state index is 9.29. The van der Waals surface area contributed by atoms with E-state index in [0.717, 1.165) is 6.07 Å². The Kier molecular flexibility index (Phi) is 3.10. The van der Waals surface area contributed by atoms with Gasteiger partial charge in [0.05, 0.1) is 5.69 Å². The van der Waals surface area contributed by atoms with E-state index in [9.17, 15) is 5.11 Å². The van der Waals surface area contributed by atoms with Gasteiger partial charge in [0.25, 0.3) is 0 Å². The molecule has 74 valence electrons. The van der Waals surface area contributed by atoms with Crippen molar-refractivity contribution in [3.63, 3.8) is 0 Å². The number of rotatable bonds is 2. The number of nitriles is 2. The van der Waals surface area contributed by atoms with Crippen LogP contribution in [0.5, 0.6) is 11.5 Å². The topological polar surface area (TPSA) is 112 Å². The highest BCUT2D eigenvalue weighted by molar-refractivity contribution is 6.10. The molecule has 0 fully saturated rings. The van der Waals surface area contributed by atoms with Crippen molar-refractivity contribution in [2.24, 2.45) is 5.10 Å². The molecule has 0 heterocycles. The van der Waals surface area contributed by atoms with E-state index in [1.165, 1.54) is 12.1 Å². The second-order valence-corrected chi connectivity index (χ2v) is 2.50. The van der Waals surface area contributed by atoms with Crippen molar-refractivity contribution in [1.82, 2.24) is 0 Å². The van der Waals surface area contributed by atoms with Crippen LogP contribution < -0.4 is 5.43 Å². The molecule has 3 N–H and O–H groups in total. The zero-order chi connectivity index (χ0) is 11.3. The molecular weight excluding hydrogens is 196 g/mol. The van der Waals surface area contributed by atoms with Crippen LogP contribution in [0.15, 0.2) is 23.3 Å².